The fourth-order valence-electron chi connectivity index (χ4n) is 8.46. The van der Waals surface area contributed by atoms with Gasteiger partial charge >= 0.3 is 6.09 Å². The number of rotatable bonds is 11. The molecule has 8 rings (SSSR count). The zero-order valence-corrected chi connectivity index (χ0v) is 32.6. The average Bonchev–Trinajstić information content (AvgIpc) is 3.58. The van der Waals surface area contributed by atoms with Gasteiger partial charge in [-0.15, -0.1) is 11.6 Å². The number of fused-ring (bicyclic) bond motifs is 6. The molecule has 0 aliphatic carbocycles. The first-order valence-electron chi connectivity index (χ1n) is 19.4. The number of hydrogen-bond acceptors (Lipinski definition) is 9. The van der Waals surface area contributed by atoms with Crippen molar-refractivity contribution in [3.63, 3.8) is 0 Å². The van der Waals surface area contributed by atoms with Crippen LogP contribution < -0.4 is 24.0 Å². The molecular weight excluding hydrogens is 752 g/mol. The van der Waals surface area contributed by atoms with Crippen molar-refractivity contribution in [3.8, 4) is 11.5 Å². The number of nitrogens with zero attached hydrogens (tertiary/aromatic N) is 4. The quantitative estimate of drug-likeness (QED) is 0.0596. The van der Waals surface area contributed by atoms with Gasteiger partial charge in [-0.2, -0.15) is 0 Å². The summed E-state index contributed by atoms with van der Waals surface area (Å²) in [6.45, 7) is 5.02. The third kappa shape index (κ3) is 7.35. The molecule has 13 nitrogen and oxygen atoms in total. The minimum atomic E-state index is -0.974. The number of halogens is 1. The van der Waals surface area contributed by atoms with Crippen LogP contribution in [0.1, 0.15) is 65.1 Å². The van der Waals surface area contributed by atoms with Crippen molar-refractivity contribution in [2.24, 2.45) is 0 Å². The van der Waals surface area contributed by atoms with Gasteiger partial charge in [0.05, 0.1) is 36.4 Å². The SMILES string of the molecule is C=CCOC(=O)N1c2cc(OCCCC(=O)N3C[C@@H](CCl)c4c3c[n+](O)c3ccccc43)c(OC)cc2C(=O)N2Cc3ccccc3C[C@H]2[C@@H]1OC1CCCCO1. The predicted molar refractivity (Wildman–Crippen MR) is 211 cm³/mol. The molecule has 4 atom stereocenters. The Morgan fingerprint density at radius 1 is 1.07 bits per heavy atom. The molecule has 1 N–H and O–H groups in total. The third-order valence-electron chi connectivity index (χ3n) is 11.2. The predicted octanol–water partition coefficient (Wildman–Crippen LogP) is 6.48. The van der Waals surface area contributed by atoms with E-state index >= 15 is 0 Å². The highest BCUT2D eigenvalue weighted by molar-refractivity contribution is 6.19. The van der Waals surface area contributed by atoms with Gasteiger partial charge in [0.1, 0.15) is 12.3 Å². The first-order chi connectivity index (χ1) is 27.8. The molecule has 1 saturated heterocycles. The fraction of sp³-hybridized carbons (Fsp3) is 0.395. The van der Waals surface area contributed by atoms with Crippen LogP contribution in [0.3, 0.4) is 0 Å². The molecule has 14 heteroatoms. The zero-order valence-electron chi connectivity index (χ0n) is 31.8. The summed E-state index contributed by atoms with van der Waals surface area (Å²) in [5, 5.41) is 11.6. The number of amides is 3. The van der Waals surface area contributed by atoms with Crippen molar-refractivity contribution < 1.29 is 48.0 Å². The summed E-state index contributed by atoms with van der Waals surface area (Å²) in [6, 6.07) is 18.1. The van der Waals surface area contributed by atoms with E-state index in [-0.39, 0.29) is 60.1 Å². The zero-order chi connectivity index (χ0) is 39.6. The summed E-state index contributed by atoms with van der Waals surface area (Å²) in [7, 11) is 1.48. The number of benzene rings is 3. The minimum Gasteiger partial charge on any atom is -0.493 e. The highest BCUT2D eigenvalue weighted by atomic mass is 35.5. The molecule has 3 amide bonds. The molecule has 1 aromatic heterocycles. The minimum absolute atomic E-state index is 0.0579. The number of aromatic nitrogens is 1. The maximum atomic E-state index is 14.6. The van der Waals surface area contributed by atoms with E-state index in [1.807, 2.05) is 48.5 Å². The van der Waals surface area contributed by atoms with Crippen molar-refractivity contribution in [2.45, 2.75) is 69.5 Å². The summed E-state index contributed by atoms with van der Waals surface area (Å²) in [6.07, 6.45) is 4.13. The molecule has 0 bridgehead atoms. The lowest BCUT2D eigenvalue weighted by atomic mass is 9.92. The van der Waals surface area contributed by atoms with Crippen LogP contribution in [0.5, 0.6) is 11.5 Å². The Hall–Kier alpha value is -5.37. The number of anilines is 2. The fourth-order valence-corrected chi connectivity index (χ4v) is 8.71. The molecule has 4 aliphatic rings. The van der Waals surface area contributed by atoms with Crippen molar-refractivity contribution in [3.05, 3.63) is 102 Å². The van der Waals surface area contributed by atoms with Crippen LogP contribution >= 0.6 is 11.6 Å². The molecule has 0 radical (unpaired) electrons. The summed E-state index contributed by atoms with van der Waals surface area (Å²) < 4.78 is 31.5. The van der Waals surface area contributed by atoms with Crippen LogP contribution in [0.25, 0.3) is 10.9 Å². The number of alkyl halides is 1. The molecule has 298 valence electrons. The second kappa shape index (κ2) is 16.6. The van der Waals surface area contributed by atoms with Gasteiger partial charge in [-0.05, 0) is 55.4 Å². The maximum Gasteiger partial charge on any atom is 0.416 e. The Kier molecular flexibility index (Phi) is 11.2. The van der Waals surface area contributed by atoms with Crippen LogP contribution in [-0.2, 0) is 32.0 Å². The third-order valence-corrected chi connectivity index (χ3v) is 11.6. The largest absolute Gasteiger partial charge is 0.493 e. The van der Waals surface area contributed by atoms with Crippen LogP contribution in [0.4, 0.5) is 16.2 Å². The number of hydrogen-bond donors (Lipinski definition) is 1. The van der Waals surface area contributed by atoms with Gasteiger partial charge in [-0.3, -0.25) is 14.8 Å². The number of para-hydroxylation sites is 1. The lowest BCUT2D eigenvalue weighted by Gasteiger charge is -2.43. The molecule has 4 aromatic rings. The molecule has 0 saturated carbocycles. The highest BCUT2D eigenvalue weighted by Crippen LogP contribution is 2.44. The van der Waals surface area contributed by atoms with Gasteiger partial charge < -0.3 is 33.5 Å². The standard InChI is InChI=1S/C43H46ClN4O9/c1-3-17-56-43(51)48-33-22-37(54-19-10-15-38(49)45-25-29(23-44)40-30-13-6-7-14-32(30)47(52)26-35(40)45)36(53-2)21-31(33)41(50)46-24-28-12-5-4-11-27(28)20-34(46)42(48)57-39-16-8-9-18-55-39/h3-7,11-14,21-22,26,29,34,39,42,52H,1,8-10,15-20,23-25H2,2H3/q+1/t29-,34+,39?,42+/m1/s1. The molecule has 1 fully saturated rings. The Balaban J connectivity index is 1.08. The van der Waals surface area contributed by atoms with Crippen molar-refractivity contribution in [1.29, 1.82) is 0 Å². The van der Waals surface area contributed by atoms with Crippen molar-refractivity contribution in [2.75, 3.05) is 49.2 Å². The number of methoxy groups -OCH3 is 1. The first kappa shape index (κ1) is 38.5. The molecule has 5 heterocycles. The topological polar surface area (TPSA) is 131 Å². The highest BCUT2D eigenvalue weighted by Gasteiger charge is 2.48. The van der Waals surface area contributed by atoms with E-state index in [0.29, 0.717) is 56.0 Å². The van der Waals surface area contributed by atoms with Crippen LogP contribution in [0.2, 0.25) is 0 Å². The van der Waals surface area contributed by atoms with E-state index in [9.17, 15) is 19.6 Å². The second-order valence-corrected chi connectivity index (χ2v) is 15.0. The molecular formula is C43H46ClN4O9+. The molecule has 4 aliphatic heterocycles. The van der Waals surface area contributed by atoms with Gasteiger partial charge in [0.15, 0.2) is 24.0 Å². The van der Waals surface area contributed by atoms with E-state index < -0.39 is 24.7 Å². The Labute approximate surface area is 335 Å². The average molecular weight is 798 g/mol. The smallest absolute Gasteiger partial charge is 0.416 e. The van der Waals surface area contributed by atoms with E-state index in [1.165, 1.54) is 18.1 Å². The summed E-state index contributed by atoms with van der Waals surface area (Å²) in [4.78, 5) is 47.4. The van der Waals surface area contributed by atoms with E-state index in [1.54, 1.807) is 28.1 Å². The van der Waals surface area contributed by atoms with Crippen LogP contribution in [-0.4, -0.2) is 85.9 Å². The number of pyridine rings is 1. The molecule has 57 heavy (non-hydrogen) atoms. The number of ether oxygens (including phenoxy) is 5. The number of carbonyl (C=O) groups is 3. The van der Waals surface area contributed by atoms with E-state index in [2.05, 4.69) is 6.58 Å². The second-order valence-electron chi connectivity index (χ2n) is 14.6. The van der Waals surface area contributed by atoms with Crippen molar-refractivity contribution >= 4 is 51.8 Å². The van der Waals surface area contributed by atoms with Crippen LogP contribution in [0, 0.1) is 0 Å². The van der Waals surface area contributed by atoms with Gasteiger partial charge in [0.25, 0.3) is 11.4 Å². The Bertz CT molecular complexity index is 2190. The first-order valence-corrected chi connectivity index (χ1v) is 19.9. The lowest BCUT2D eigenvalue weighted by molar-refractivity contribution is -0.884. The number of carbonyl (C=O) groups excluding carboxylic acids is 3. The van der Waals surface area contributed by atoms with Gasteiger partial charge in [0, 0.05) is 60.3 Å². The maximum absolute atomic E-state index is 14.6. The molecule has 3 aromatic carbocycles. The lowest BCUT2D eigenvalue weighted by Crippen LogP contribution is -2.58. The van der Waals surface area contributed by atoms with Gasteiger partial charge in [0.2, 0.25) is 12.1 Å². The summed E-state index contributed by atoms with van der Waals surface area (Å²) in [5.41, 5.74) is 4.74. The molecule has 1 unspecified atom stereocenters. The van der Waals surface area contributed by atoms with E-state index in [4.69, 9.17) is 35.3 Å². The monoisotopic (exact) mass is 797 g/mol. The normalized spacial score (nSPS) is 21.2. The van der Waals surface area contributed by atoms with Crippen molar-refractivity contribution in [1.82, 2.24) is 4.90 Å². The Morgan fingerprint density at radius 3 is 2.65 bits per heavy atom. The van der Waals surface area contributed by atoms with Gasteiger partial charge in [-0.1, -0.05) is 49.1 Å². The Morgan fingerprint density at radius 2 is 1.88 bits per heavy atom. The summed E-state index contributed by atoms with van der Waals surface area (Å²) in [5.74, 6) is 0.358. The molecule has 0 spiro atoms. The van der Waals surface area contributed by atoms with E-state index in [0.717, 1.165) is 39.6 Å². The van der Waals surface area contributed by atoms with Crippen LogP contribution in [0.15, 0.2) is 79.5 Å². The van der Waals surface area contributed by atoms with Gasteiger partial charge in [-0.25, -0.2) is 9.69 Å². The summed E-state index contributed by atoms with van der Waals surface area (Å²) >= 11 is 6.39.